The smallest absolute Gasteiger partial charge is 0.179 e. The minimum absolute atomic E-state index is 0.634. The van der Waals surface area contributed by atoms with Gasteiger partial charge in [0.15, 0.2) is 5.13 Å². The number of hydrogen-bond acceptors (Lipinski definition) is 4. The van der Waals surface area contributed by atoms with Gasteiger partial charge in [-0.25, -0.2) is 4.98 Å². The van der Waals surface area contributed by atoms with Crippen molar-refractivity contribution in [2.45, 2.75) is 12.8 Å². The monoisotopic (exact) mass is 247 g/mol. The van der Waals surface area contributed by atoms with E-state index in [0.29, 0.717) is 5.13 Å². The molecule has 1 aromatic heterocycles. The molecule has 1 aliphatic rings. The Balaban J connectivity index is 0.000000153. The van der Waals surface area contributed by atoms with Crippen molar-refractivity contribution < 1.29 is 0 Å². The number of benzene rings is 1. The average molecular weight is 247 g/mol. The summed E-state index contributed by atoms with van der Waals surface area (Å²) in [6, 6.07) is 10.7. The second-order valence-electron chi connectivity index (χ2n) is 3.90. The van der Waals surface area contributed by atoms with Crippen LogP contribution in [-0.4, -0.2) is 18.1 Å². The lowest BCUT2D eigenvalue weighted by atomic mass is 10.3. The van der Waals surface area contributed by atoms with Crippen LogP contribution in [-0.2, 0) is 0 Å². The Kier molecular flexibility index (Phi) is 4.38. The standard InChI is InChI=1S/C10H13N.C3H4N2S/c1-2-6-10(7-3-1)11-8-4-5-9-11;4-3-5-1-2-6-3/h1-3,6-7H,4-5,8-9H2;1-2H,(H2,4,5). The number of thiazole rings is 1. The summed E-state index contributed by atoms with van der Waals surface area (Å²) in [5.41, 5.74) is 6.56. The van der Waals surface area contributed by atoms with E-state index in [0.717, 1.165) is 0 Å². The van der Waals surface area contributed by atoms with E-state index in [-0.39, 0.29) is 0 Å². The molecule has 0 spiro atoms. The minimum atomic E-state index is 0.634. The largest absolute Gasteiger partial charge is 0.375 e. The quantitative estimate of drug-likeness (QED) is 0.842. The summed E-state index contributed by atoms with van der Waals surface area (Å²) < 4.78 is 0. The molecule has 1 saturated heterocycles. The van der Waals surface area contributed by atoms with Crippen LogP contribution in [0.1, 0.15) is 12.8 Å². The Bertz CT molecular complexity index is 407. The van der Waals surface area contributed by atoms with E-state index in [9.17, 15) is 0 Å². The molecule has 0 saturated carbocycles. The summed E-state index contributed by atoms with van der Waals surface area (Å²) in [7, 11) is 0. The van der Waals surface area contributed by atoms with Gasteiger partial charge < -0.3 is 10.6 Å². The molecule has 0 bridgehead atoms. The van der Waals surface area contributed by atoms with Gasteiger partial charge in [-0.2, -0.15) is 0 Å². The van der Waals surface area contributed by atoms with Crippen molar-refractivity contribution in [3.05, 3.63) is 41.9 Å². The fourth-order valence-electron chi connectivity index (χ4n) is 1.85. The lowest BCUT2D eigenvalue weighted by molar-refractivity contribution is 0.949. The third-order valence-electron chi connectivity index (χ3n) is 2.68. The predicted molar refractivity (Wildman–Crippen MR) is 74.4 cm³/mol. The number of aromatic nitrogens is 1. The summed E-state index contributed by atoms with van der Waals surface area (Å²) >= 11 is 1.44. The first-order valence-corrected chi connectivity index (χ1v) is 6.69. The number of rotatable bonds is 1. The Hall–Kier alpha value is -1.55. The van der Waals surface area contributed by atoms with Crippen LogP contribution >= 0.6 is 11.3 Å². The van der Waals surface area contributed by atoms with Gasteiger partial charge >= 0.3 is 0 Å². The van der Waals surface area contributed by atoms with Crippen molar-refractivity contribution in [1.29, 1.82) is 0 Å². The third kappa shape index (κ3) is 3.75. The lowest BCUT2D eigenvalue weighted by Gasteiger charge is -2.16. The van der Waals surface area contributed by atoms with Crippen molar-refractivity contribution in [2.24, 2.45) is 0 Å². The highest BCUT2D eigenvalue weighted by Gasteiger charge is 2.10. The summed E-state index contributed by atoms with van der Waals surface area (Å²) in [6.45, 7) is 2.48. The van der Waals surface area contributed by atoms with Crippen LogP contribution < -0.4 is 10.6 Å². The number of nitrogens with two attached hydrogens (primary N) is 1. The van der Waals surface area contributed by atoms with E-state index in [4.69, 9.17) is 5.73 Å². The van der Waals surface area contributed by atoms with Gasteiger partial charge in [0.2, 0.25) is 0 Å². The highest BCUT2D eigenvalue weighted by atomic mass is 32.1. The van der Waals surface area contributed by atoms with Crippen molar-refractivity contribution >= 4 is 22.2 Å². The highest BCUT2D eigenvalue weighted by Crippen LogP contribution is 2.18. The van der Waals surface area contributed by atoms with E-state index in [1.54, 1.807) is 6.20 Å². The second-order valence-corrected chi connectivity index (χ2v) is 4.83. The van der Waals surface area contributed by atoms with Crippen molar-refractivity contribution in [3.63, 3.8) is 0 Å². The SMILES string of the molecule is Nc1nccs1.c1ccc(N2CCCC2)cc1. The van der Waals surface area contributed by atoms with E-state index >= 15 is 0 Å². The third-order valence-corrected chi connectivity index (χ3v) is 3.28. The van der Waals surface area contributed by atoms with Crippen LogP contribution in [0.15, 0.2) is 41.9 Å². The van der Waals surface area contributed by atoms with Gasteiger partial charge in [0, 0.05) is 30.4 Å². The molecule has 17 heavy (non-hydrogen) atoms. The summed E-state index contributed by atoms with van der Waals surface area (Å²) in [4.78, 5) is 6.16. The van der Waals surface area contributed by atoms with Crippen LogP contribution in [0, 0.1) is 0 Å². The van der Waals surface area contributed by atoms with Crippen LogP contribution in [0.4, 0.5) is 10.8 Å². The second kappa shape index (κ2) is 6.25. The molecule has 3 rings (SSSR count). The van der Waals surface area contributed by atoms with Gasteiger partial charge in [-0.15, -0.1) is 11.3 Å². The number of para-hydroxylation sites is 1. The molecule has 90 valence electrons. The van der Waals surface area contributed by atoms with E-state index < -0.39 is 0 Å². The molecule has 0 aliphatic carbocycles. The first kappa shape index (κ1) is 11.9. The molecule has 1 fully saturated rings. The summed E-state index contributed by atoms with van der Waals surface area (Å²) in [5, 5.41) is 2.48. The van der Waals surface area contributed by atoms with Crippen molar-refractivity contribution in [3.8, 4) is 0 Å². The normalized spacial score (nSPS) is 14.2. The van der Waals surface area contributed by atoms with Gasteiger partial charge in [0.05, 0.1) is 0 Å². The molecule has 2 N–H and O–H groups in total. The lowest BCUT2D eigenvalue weighted by Crippen LogP contribution is -2.16. The van der Waals surface area contributed by atoms with Crippen LogP contribution in [0.5, 0.6) is 0 Å². The number of nitrogen functional groups attached to an aromatic ring is 1. The molecule has 2 heterocycles. The molecule has 1 aliphatic heterocycles. The maximum absolute atomic E-state index is 5.19. The molecule has 3 nitrogen and oxygen atoms in total. The van der Waals surface area contributed by atoms with Gasteiger partial charge in [0.25, 0.3) is 0 Å². The molecule has 0 radical (unpaired) electrons. The Morgan fingerprint density at radius 1 is 1.12 bits per heavy atom. The van der Waals surface area contributed by atoms with Crippen LogP contribution in [0.2, 0.25) is 0 Å². The minimum Gasteiger partial charge on any atom is -0.375 e. The Morgan fingerprint density at radius 2 is 1.82 bits per heavy atom. The predicted octanol–water partition coefficient (Wildman–Crippen LogP) is 3.01. The zero-order chi connectivity index (χ0) is 11.9. The van der Waals surface area contributed by atoms with E-state index in [2.05, 4.69) is 40.2 Å². The zero-order valence-electron chi connectivity index (χ0n) is 9.75. The van der Waals surface area contributed by atoms with E-state index in [1.807, 2.05) is 5.38 Å². The average Bonchev–Trinajstić information content (AvgIpc) is 3.03. The summed E-state index contributed by atoms with van der Waals surface area (Å²) in [5.74, 6) is 0. The first-order chi connectivity index (χ1) is 8.36. The van der Waals surface area contributed by atoms with Crippen molar-refractivity contribution in [2.75, 3.05) is 23.7 Å². The van der Waals surface area contributed by atoms with Crippen molar-refractivity contribution in [1.82, 2.24) is 4.98 Å². The fourth-order valence-corrected chi connectivity index (χ4v) is 2.23. The van der Waals surface area contributed by atoms with Gasteiger partial charge in [0.1, 0.15) is 0 Å². The molecule has 0 unspecified atom stereocenters. The number of hydrogen-bond donors (Lipinski definition) is 1. The molecule has 0 amide bonds. The Labute approximate surface area is 106 Å². The number of nitrogens with zero attached hydrogens (tertiary/aromatic N) is 2. The van der Waals surface area contributed by atoms with E-state index in [1.165, 1.54) is 43.0 Å². The van der Waals surface area contributed by atoms with Gasteiger partial charge in [-0.05, 0) is 25.0 Å². The first-order valence-electron chi connectivity index (χ1n) is 5.81. The zero-order valence-corrected chi connectivity index (χ0v) is 10.6. The topological polar surface area (TPSA) is 42.1 Å². The highest BCUT2D eigenvalue weighted by molar-refractivity contribution is 7.13. The molecular formula is C13H17N3S. The molecule has 2 aromatic rings. The van der Waals surface area contributed by atoms with Crippen LogP contribution in [0.25, 0.3) is 0 Å². The van der Waals surface area contributed by atoms with Crippen LogP contribution in [0.3, 0.4) is 0 Å². The molecule has 0 atom stereocenters. The summed E-state index contributed by atoms with van der Waals surface area (Å²) in [6.07, 6.45) is 4.39. The number of anilines is 2. The van der Waals surface area contributed by atoms with Gasteiger partial charge in [-0.3, -0.25) is 0 Å². The van der Waals surface area contributed by atoms with Gasteiger partial charge in [-0.1, -0.05) is 18.2 Å². The molecule has 4 heteroatoms. The fraction of sp³-hybridized carbons (Fsp3) is 0.308. The molecular weight excluding hydrogens is 230 g/mol. The maximum atomic E-state index is 5.19. The molecule has 1 aromatic carbocycles. The maximum Gasteiger partial charge on any atom is 0.179 e. The Morgan fingerprint density at radius 3 is 2.29 bits per heavy atom.